The summed E-state index contributed by atoms with van der Waals surface area (Å²) >= 11 is 0. The summed E-state index contributed by atoms with van der Waals surface area (Å²) in [6.07, 6.45) is 11.9. The second-order valence-corrected chi connectivity index (χ2v) is 6.05. The van der Waals surface area contributed by atoms with E-state index in [-0.39, 0.29) is 0 Å². The van der Waals surface area contributed by atoms with Crippen LogP contribution in [0.1, 0.15) is 77.7 Å². The van der Waals surface area contributed by atoms with E-state index in [1.54, 1.807) is 0 Å². The van der Waals surface area contributed by atoms with Gasteiger partial charge in [0.25, 0.3) is 0 Å². The van der Waals surface area contributed by atoms with Gasteiger partial charge in [0.05, 0.1) is 0 Å². The smallest absolute Gasteiger partial charge is 0.0342 e. The van der Waals surface area contributed by atoms with Crippen molar-refractivity contribution < 1.29 is 0 Å². The molecule has 20 heavy (non-hydrogen) atoms. The van der Waals surface area contributed by atoms with Crippen LogP contribution in [-0.2, 0) is 6.42 Å². The van der Waals surface area contributed by atoms with Crippen molar-refractivity contribution in [1.29, 1.82) is 0 Å². The molecular weight excluding hydrogens is 242 g/mol. The Bertz CT molecular complexity index is 328. The second kappa shape index (κ2) is 10.8. The van der Waals surface area contributed by atoms with E-state index < -0.39 is 0 Å². The van der Waals surface area contributed by atoms with Gasteiger partial charge in [-0.25, -0.2) is 0 Å². The van der Waals surface area contributed by atoms with E-state index in [0.717, 1.165) is 0 Å². The maximum absolute atomic E-state index is 3.61. The highest BCUT2D eigenvalue weighted by Gasteiger charge is 2.02. The maximum atomic E-state index is 3.61. The van der Waals surface area contributed by atoms with Gasteiger partial charge in [-0.2, -0.15) is 0 Å². The van der Waals surface area contributed by atoms with Gasteiger partial charge < -0.3 is 5.32 Å². The molecule has 0 saturated heterocycles. The Morgan fingerprint density at radius 2 is 1.50 bits per heavy atom. The molecule has 1 atom stereocenters. The van der Waals surface area contributed by atoms with E-state index in [9.17, 15) is 0 Å². The molecule has 1 aromatic carbocycles. The molecule has 0 radical (unpaired) electrons. The van der Waals surface area contributed by atoms with Crippen LogP contribution >= 0.6 is 0 Å². The molecule has 114 valence electrons. The monoisotopic (exact) mass is 275 g/mol. The molecule has 1 heteroatoms. The van der Waals surface area contributed by atoms with E-state index in [1.165, 1.54) is 69.0 Å². The Hall–Kier alpha value is -0.980. The predicted octanol–water partition coefficient (Wildman–Crippen LogP) is 6.19. The summed E-state index contributed by atoms with van der Waals surface area (Å²) in [5.41, 5.74) is 2.74. The van der Waals surface area contributed by atoms with Crippen molar-refractivity contribution in [3.8, 4) is 0 Å². The number of benzene rings is 1. The Morgan fingerprint density at radius 3 is 2.15 bits per heavy atom. The average Bonchev–Trinajstić information content (AvgIpc) is 2.46. The summed E-state index contributed by atoms with van der Waals surface area (Å²) in [6, 6.07) is 9.62. The van der Waals surface area contributed by atoms with Gasteiger partial charge in [-0.3, -0.25) is 0 Å². The fraction of sp³-hybridized carbons (Fsp3) is 0.684. The Labute approximate surface area is 126 Å². The first-order valence-corrected chi connectivity index (χ1v) is 8.61. The number of aryl methyl sites for hydroxylation is 1. The van der Waals surface area contributed by atoms with Crippen LogP contribution in [0.3, 0.4) is 0 Å². The van der Waals surface area contributed by atoms with Crippen LogP contribution in [0.2, 0.25) is 0 Å². The van der Waals surface area contributed by atoms with Gasteiger partial charge in [-0.15, -0.1) is 0 Å². The zero-order valence-corrected chi connectivity index (χ0v) is 13.8. The summed E-state index contributed by atoms with van der Waals surface area (Å²) in [5, 5.41) is 3.61. The number of unbranched alkanes of at least 4 members (excludes halogenated alkanes) is 5. The van der Waals surface area contributed by atoms with Crippen molar-refractivity contribution in [2.45, 2.75) is 84.6 Å². The standard InChI is InChI=1S/C19H33N/c1-4-6-8-10-11-17(3)20-19-15-13-18(14-16-19)12-9-7-5-2/h13-17,20H,4-12H2,1-3H3. The topological polar surface area (TPSA) is 12.0 Å². The molecule has 0 aliphatic heterocycles. The number of nitrogens with one attached hydrogen (secondary N) is 1. The third-order valence-electron chi connectivity index (χ3n) is 3.93. The van der Waals surface area contributed by atoms with Crippen molar-refractivity contribution in [3.63, 3.8) is 0 Å². The van der Waals surface area contributed by atoms with Crippen molar-refractivity contribution >= 4 is 5.69 Å². The van der Waals surface area contributed by atoms with Crippen LogP contribution < -0.4 is 5.32 Å². The Kier molecular flexibility index (Phi) is 9.19. The van der Waals surface area contributed by atoms with Crippen LogP contribution in [0, 0.1) is 0 Å². The summed E-state index contributed by atoms with van der Waals surface area (Å²) < 4.78 is 0. The fourth-order valence-electron chi connectivity index (χ4n) is 2.58. The first-order chi connectivity index (χ1) is 9.76. The Morgan fingerprint density at radius 1 is 0.850 bits per heavy atom. The predicted molar refractivity (Wildman–Crippen MR) is 91.5 cm³/mol. The van der Waals surface area contributed by atoms with Crippen LogP contribution in [-0.4, -0.2) is 6.04 Å². The second-order valence-electron chi connectivity index (χ2n) is 6.05. The van der Waals surface area contributed by atoms with E-state index >= 15 is 0 Å². The molecule has 1 rings (SSSR count). The van der Waals surface area contributed by atoms with Crippen molar-refractivity contribution in [2.75, 3.05) is 5.32 Å². The van der Waals surface area contributed by atoms with Crippen molar-refractivity contribution in [1.82, 2.24) is 0 Å². The molecule has 1 N–H and O–H groups in total. The third-order valence-corrected chi connectivity index (χ3v) is 3.93. The summed E-state index contributed by atoms with van der Waals surface area (Å²) in [5.74, 6) is 0. The molecule has 1 nitrogen and oxygen atoms in total. The average molecular weight is 275 g/mol. The van der Waals surface area contributed by atoms with Gasteiger partial charge in [-0.05, 0) is 43.9 Å². The minimum absolute atomic E-state index is 0.581. The number of anilines is 1. The zero-order valence-electron chi connectivity index (χ0n) is 13.8. The zero-order chi connectivity index (χ0) is 14.6. The third kappa shape index (κ3) is 7.57. The molecule has 0 fully saturated rings. The molecule has 0 aliphatic rings. The molecule has 0 aromatic heterocycles. The molecule has 0 heterocycles. The normalized spacial score (nSPS) is 12.3. The molecule has 0 bridgehead atoms. The van der Waals surface area contributed by atoms with Gasteiger partial charge in [0.15, 0.2) is 0 Å². The van der Waals surface area contributed by atoms with Crippen LogP contribution in [0.5, 0.6) is 0 Å². The van der Waals surface area contributed by atoms with Gasteiger partial charge in [0, 0.05) is 11.7 Å². The molecule has 1 aromatic rings. The fourth-order valence-corrected chi connectivity index (χ4v) is 2.58. The van der Waals surface area contributed by atoms with Crippen molar-refractivity contribution in [3.05, 3.63) is 29.8 Å². The van der Waals surface area contributed by atoms with Gasteiger partial charge in [0.1, 0.15) is 0 Å². The van der Waals surface area contributed by atoms with Crippen LogP contribution in [0.25, 0.3) is 0 Å². The highest BCUT2D eigenvalue weighted by Crippen LogP contribution is 2.15. The minimum atomic E-state index is 0.581. The summed E-state index contributed by atoms with van der Waals surface area (Å²) in [6.45, 7) is 6.82. The van der Waals surface area contributed by atoms with Crippen LogP contribution in [0.15, 0.2) is 24.3 Å². The highest BCUT2D eigenvalue weighted by atomic mass is 14.9. The molecule has 0 saturated carbocycles. The van der Waals surface area contributed by atoms with E-state index in [1.807, 2.05) is 0 Å². The number of rotatable bonds is 11. The van der Waals surface area contributed by atoms with Gasteiger partial charge in [0.2, 0.25) is 0 Å². The van der Waals surface area contributed by atoms with E-state index in [0.29, 0.717) is 6.04 Å². The quantitative estimate of drug-likeness (QED) is 0.475. The molecule has 0 amide bonds. The lowest BCUT2D eigenvalue weighted by molar-refractivity contribution is 0.594. The van der Waals surface area contributed by atoms with E-state index in [2.05, 4.69) is 50.4 Å². The summed E-state index contributed by atoms with van der Waals surface area (Å²) in [4.78, 5) is 0. The lowest BCUT2D eigenvalue weighted by atomic mass is 10.1. The Balaban J connectivity index is 2.26. The summed E-state index contributed by atoms with van der Waals surface area (Å²) in [7, 11) is 0. The molecule has 0 aliphatic carbocycles. The number of hydrogen-bond acceptors (Lipinski definition) is 1. The lowest BCUT2D eigenvalue weighted by Gasteiger charge is -2.15. The van der Waals surface area contributed by atoms with Crippen molar-refractivity contribution in [2.24, 2.45) is 0 Å². The first kappa shape index (κ1) is 17.1. The molecular formula is C19H33N. The highest BCUT2D eigenvalue weighted by molar-refractivity contribution is 5.45. The molecule has 1 unspecified atom stereocenters. The lowest BCUT2D eigenvalue weighted by Crippen LogP contribution is -2.14. The van der Waals surface area contributed by atoms with E-state index in [4.69, 9.17) is 0 Å². The van der Waals surface area contributed by atoms with Crippen LogP contribution in [0.4, 0.5) is 5.69 Å². The largest absolute Gasteiger partial charge is 0.383 e. The van der Waals surface area contributed by atoms with Gasteiger partial charge in [-0.1, -0.05) is 64.5 Å². The van der Waals surface area contributed by atoms with Gasteiger partial charge >= 0.3 is 0 Å². The number of hydrogen-bond donors (Lipinski definition) is 1. The molecule has 0 spiro atoms. The minimum Gasteiger partial charge on any atom is -0.383 e. The first-order valence-electron chi connectivity index (χ1n) is 8.61. The SMILES string of the molecule is CCCCCCC(C)Nc1ccc(CCCCC)cc1. The maximum Gasteiger partial charge on any atom is 0.0342 e.